The van der Waals surface area contributed by atoms with Gasteiger partial charge in [-0.2, -0.15) is 4.98 Å². The van der Waals surface area contributed by atoms with E-state index in [1.54, 1.807) is 11.8 Å². The minimum atomic E-state index is -0.115. The summed E-state index contributed by atoms with van der Waals surface area (Å²) in [5.41, 5.74) is 2.71. The van der Waals surface area contributed by atoms with Gasteiger partial charge in [0.15, 0.2) is 5.82 Å². The molecular weight excluding hydrogens is 344 g/mol. The number of urea groups is 1. The molecule has 0 aliphatic carbocycles. The lowest BCUT2D eigenvalue weighted by molar-refractivity contribution is 0.0493. The molecule has 0 radical (unpaired) electrons. The van der Waals surface area contributed by atoms with E-state index in [0.29, 0.717) is 30.6 Å². The third kappa shape index (κ3) is 3.92. The fourth-order valence-electron chi connectivity index (χ4n) is 2.91. The van der Waals surface area contributed by atoms with Gasteiger partial charge >= 0.3 is 6.03 Å². The molecule has 1 N–H and O–H groups in total. The van der Waals surface area contributed by atoms with E-state index >= 15 is 0 Å². The third-order valence-electron chi connectivity index (χ3n) is 4.32. The van der Waals surface area contributed by atoms with Crippen LogP contribution in [0.15, 0.2) is 53.1 Å². The number of aromatic nitrogens is 2. The van der Waals surface area contributed by atoms with Crippen molar-refractivity contribution in [2.45, 2.75) is 20.0 Å². The van der Waals surface area contributed by atoms with E-state index in [1.807, 2.05) is 55.5 Å². The Morgan fingerprint density at radius 1 is 1.19 bits per heavy atom. The maximum atomic E-state index is 12.3. The Hall–Kier alpha value is -3.35. The van der Waals surface area contributed by atoms with Gasteiger partial charge in [0.05, 0.1) is 13.1 Å². The van der Waals surface area contributed by atoms with Crippen LogP contribution in [0.2, 0.25) is 0 Å². The minimum Gasteiger partial charge on any atom is -0.487 e. The van der Waals surface area contributed by atoms with Crippen molar-refractivity contribution in [3.05, 3.63) is 59.9 Å². The molecule has 138 valence electrons. The van der Waals surface area contributed by atoms with Crippen LogP contribution in [0.4, 0.5) is 10.5 Å². The highest BCUT2D eigenvalue weighted by atomic mass is 16.5. The monoisotopic (exact) mass is 364 g/mol. The zero-order chi connectivity index (χ0) is 18.8. The van der Waals surface area contributed by atoms with E-state index in [9.17, 15) is 4.79 Å². The fraction of sp³-hybridized carbons (Fsp3) is 0.250. The van der Waals surface area contributed by atoms with Crippen LogP contribution in [-0.2, 0) is 0 Å². The van der Waals surface area contributed by atoms with Crippen molar-refractivity contribution in [3.63, 3.8) is 0 Å². The Morgan fingerprint density at radius 2 is 2.00 bits per heavy atom. The van der Waals surface area contributed by atoms with Crippen molar-refractivity contribution >= 4 is 11.7 Å². The molecule has 1 aliphatic heterocycles. The molecular formula is C20H20N4O3. The summed E-state index contributed by atoms with van der Waals surface area (Å²) >= 11 is 0. The van der Waals surface area contributed by atoms with Gasteiger partial charge in [0.2, 0.25) is 0 Å². The summed E-state index contributed by atoms with van der Waals surface area (Å²) in [6, 6.07) is 15.1. The lowest BCUT2D eigenvalue weighted by Crippen LogP contribution is -2.57. The zero-order valence-electron chi connectivity index (χ0n) is 15.2. The topological polar surface area (TPSA) is 80.5 Å². The molecule has 1 fully saturated rings. The van der Waals surface area contributed by atoms with Crippen molar-refractivity contribution in [1.29, 1.82) is 0 Å². The average molecular weight is 364 g/mol. The second kappa shape index (κ2) is 7.11. The first-order chi connectivity index (χ1) is 13.1. The summed E-state index contributed by atoms with van der Waals surface area (Å²) in [6.45, 7) is 4.86. The van der Waals surface area contributed by atoms with Crippen LogP contribution >= 0.6 is 0 Å². The number of carbonyl (C=O) groups excluding carboxylic acids is 1. The molecule has 0 atom stereocenters. The first kappa shape index (κ1) is 17.1. The van der Waals surface area contributed by atoms with Crippen molar-refractivity contribution in [1.82, 2.24) is 15.0 Å². The summed E-state index contributed by atoms with van der Waals surface area (Å²) < 4.78 is 11.1. The Balaban J connectivity index is 1.32. The highest BCUT2D eigenvalue weighted by molar-refractivity contribution is 5.90. The van der Waals surface area contributed by atoms with Gasteiger partial charge < -0.3 is 19.5 Å². The number of benzene rings is 2. The summed E-state index contributed by atoms with van der Waals surface area (Å²) in [7, 11) is 0. The molecule has 2 amide bonds. The van der Waals surface area contributed by atoms with Gasteiger partial charge in [-0.1, -0.05) is 23.4 Å². The SMILES string of the molecule is Cc1cccc(NC(=O)N2CC(Oc3cccc(-c4nc(C)no4)c3)C2)c1. The first-order valence-electron chi connectivity index (χ1n) is 8.77. The Kier molecular flexibility index (Phi) is 4.50. The molecule has 0 saturated carbocycles. The largest absolute Gasteiger partial charge is 0.487 e. The van der Waals surface area contributed by atoms with E-state index < -0.39 is 0 Å². The molecule has 0 unspecified atom stereocenters. The number of aryl methyl sites for hydroxylation is 2. The van der Waals surface area contributed by atoms with E-state index in [-0.39, 0.29) is 12.1 Å². The third-order valence-corrected chi connectivity index (χ3v) is 4.32. The van der Waals surface area contributed by atoms with E-state index in [0.717, 1.165) is 16.8 Å². The normalized spacial score (nSPS) is 13.9. The van der Waals surface area contributed by atoms with E-state index in [4.69, 9.17) is 9.26 Å². The Morgan fingerprint density at radius 3 is 2.74 bits per heavy atom. The maximum absolute atomic E-state index is 12.3. The summed E-state index contributed by atoms with van der Waals surface area (Å²) in [6.07, 6.45) is -0.0343. The van der Waals surface area contributed by atoms with Gasteiger partial charge in [0, 0.05) is 11.3 Å². The van der Waals surface area contributed by atoms with Crippen molar-refractivity contribution in [3.8, 4) is 17.2 Å². The maximum Gasteiger partial charge on any atom is 0.322 e. The van der Waals surface area contributed by atoms with Gasteiger partial charge in [-0.3, -0.25) is 0 Å². The summed E-state index contributed by atoms with van der Waals surface area (Å²) in [5.74, 6) is 1.77. The molecule has 2 aromatic carbocycles. The van der Waals surface area contributed by atoms with E-state index in [1.165, 1.54) is 0 Å². The molecule has 7 heteroatoms. The predicted octanol–water partition coefficient (Wildman–Crippen LogP) is 3.65. The quantitative estimate of drug-likeness (QED) is 0.764. The number of hydrogen-bond acceptors (Lipinski definition) is 5. The number of nitrogens with zero attached hydrogens (tertiary/aromatic N) is 3. The number of nitrogens with one attached hydrogen (secondary N) is 1. The van der Waals surface area contributed by atoms with Crippen LogP contribution in [0.1, 0.15) is 11.4 Å². The lowest BCUT2D eigenvalue weighted by Gasteiger charge is -2.38. The minimum absolute atomic E-state index is 0.0343. The zero-order valence-corrected chi connectivity index (χ0v) is 15.2. The van der Waals surface area contributed by atoms with Gasteiger partial charge in [0.25, 0.3) is 5.89 Å². The molecule has 1 aliphatic rings. The van der Waals surface area contributed by atoms with Gasteiger partial charge in [-0.25, -0.2) is 4.79 Å². The Bertz CT molecular complexity index is 963. The fourth-order valence-corrected chi connectivity index (χ4v) is 2.91. The van der Waals surface area contributed by atoms with Crippen molar-refractivity contribution in [2.75, 3.05) is 18.4 Å². The number of hydrogen-bond donors (Lipinski definition) is 1. The summed E-state index contributed by atoms with van der Waals surface area (Å²) in [4.78, 5) is 18.2. The number of rotatable bonds is 4. The highest BCUT2D eigenvalue weighted by Gasteiger charge is 2.32. The van der Waals surface area contributed by atoms with Crippen LogP contribution in [-0.4, -0.2) is 40.3 Å². The first-order valence-corrected chi connectivity index (χ1v) is 8.77. The predicted molar refractivity (Wildman–Crippen MR) is 101 cm³/mol. The van der Waals surface area contributed by atoms with Gasteiger partial charge in [0.1, 0.15) is 11.9 Å². The van der Waals surface area contributed by atoms with Crippen LogP contribution in [0.5, 0.6) is 5.75 Å². The van der Waals surface area contributed by atoms with Crippen molar-refractivity contribution < 1.29 is 14.1 Å². The Labute approximate surface area is 156 Å². The summed E-state index contributed by atoms with van der Waals surface area (Å²) in [5, 5.41) is 6.71. The average Bonchev–Trinajstić information content (AvgIpc) is 3.04. The number of carbonyl (C=O) groups is 1. The second-order valence-electron chi connectivity index (χ2n) is 6.62. The molecule has 3 aromatic rings. The highest BCUT2D eigenvalue weighted by Crippen LogP contribution is 2.25. The van der Waals surface area contributed by atoms with Gasteiger partial charge in [-0.15, -0.1) is 0 Å². The van der Waals surface area contributed by atoms with Gasteiger partial charge in [-0.05, 0) is 49.7 Å². The molecule has 4 rings (SSSR count). The lowest BCUT2D eigenvalue weighted by atomic mass is 10.1. The standard InChI is InChI=1S/C20H20N4O3/c1-13-5-3-7-16(9-13)22-20(25)24-11-18(12-24)26-17-8-4-6-15(10-17)19-21-14(2)23-27-19/h3-10,18H,11-12H2,1-2H3,(H,22,25). The smallest absolute Gasteiger partial charge is 0.322 e. The molecule has 2 heterocycles. The molecule has 1 aromatic heterocycles. The number of anilines is 1. The number of likely N-dealkylation sites (tertiary alicyclic amines) is 1. The van der Waals surface area contributed by atoms with E-state index in [2.05, 4.69) is 15.5 Å². The van der Waals surface area contributed by atoms with Crippen LogP contribution < -0.4 is 10.1 Å². The van der Waals surface area contributed by atoms with Crippen LogP contribution in [0, 0.1) is 13.8 Å². The number of amides is 2. The van der Waals surface area contributed by atoms with Crippen molar-refractivity contribution in [2.24, 2.45) is 0 Å². The molecule has 1 saturated heterocycles. The second-order valence-corrected chi connectivity index (χ2v) is 6.62. The molecule has 0 bridgehead atoms. The number of ether oxygens (including phenoxy) is 1. The molecule has 27 heavy (non-hydrogen) atoms. The van der Waals surface area contributed by atoms with Crippen LogP contribution in [0.25, 0.3) is 11.5 Å². The molecule has 0 spiro atoms. The van der Waals surface area contributed by atoms with Crippen LogP contribution in [0.3, 0.4) is 0 Å². The molecule has 7 nitrogen and oxygen atoms in total.